The maximum atomic E-state index is 13.3. The number of carbonyl (C=O) groups excluding carboxylic acids is 2. The molecule has 0 fully saturated rings. The molecule has 4 bridgehead atoms. The molecule has 0 aromatic heterocycles. The van der Waals surface area contributed by atoms with E-state index in [0.29, 0.717) is 29.5 Å². The number of ether oxygens (including phenoxy) is 1. The van der Waals surface area contributed by atoms with E-state index in [9.17, 15) is 9.59 Å². The number of methoxy groups -OCH3 is 1. The van der Waals surface area contributed by atoms with Crippen LogP contribution in [0.3, 0.4) is 0 Å². The smallest absolute Gasteiger partial charge is 0.193 e. The Kier molecular flexibility index (Phi) is 6.09. The molecule has 168 valence electrons. The molecule has 4 aromatic carbocycles. The van der Waals surface area contributed by atoms with Gasteiger partial charge in [0.15, 0.2) is 11.6 Å². The molecule has 4 aromatic rings. The normalized spacial score (nSPS) is 12.6. The van der Waals surface area contributed by atoms with Gasteiger partial charge in [-0.2, -0.15) is 0 Å². The highest BCUT2D eigenvalue weighted by Crippen LogP contribution is 2.31. The fourth-order valence-electron chi connectivity index (χ4n) is 4.78. The molecule has 0 N–H and O–H groups in total. The van der Waals surface area contributed by atoms with E-state index < -0.39 is 0 Å². The molecule has 0 radical (unpaired) electrons. The second-order valence-electron chi connectivity index (χ2n) is 8.71. The fraction of sp³-hybridized carbons (Fsp3) is 0.161. The Hall–Kier alpha value is -3.98. The quantitative estimate of drug-likeness (QED) is 0.351. The Bertz CT molecular complexity index is 1350. The molecule has 0 spiro atoms. The second kappa shape index (κ2) is 9.48. The molecule has 0 heterocycles. The maximum absolute atomic E-state index is 13.3. The zero-order valence-corrected chi connectivity index (χ0v) is 19.2. The third-order valence-electron chi connectivity index (χ3n) is 6.55. The fourth-order valence-corrected chi connectivity index (χ4v) is 4.78. The van der Waals surface area contributed by atoms with Gasteiger partial charge in [0, 0.05) is 22.3 Å². The van der Waals surface area contributed by atoms with Crippen molar-refractivity contribution in [3.63, 3.8) is 0 Å². The van der Waals surface area contributed by atoms with Gasteiger partial charge >= 0.3 is 0 Å². The summed E-state index contributed by atoms with van der Waals surface area (Å²) in [6.07, 6.45) is 2.85. The summed E-state index contributed by atoms with van der Waals surface area (Å²) >= 11 is 0. The van der Waals surface area contributed by atoms with Crippen LogP contribution in [0.5, 0.6) is 5.75 Å². The lowest BCUT2D eigenvalue weighted by Gasteiger charge is -2.16. The summed E-state index contributed by atoms with van der Waals surface area (Å²) in [6, 6.07) is 29.0. The molecule has 0 saturated carbocycles. The van der Waals surface area contributed by atoms with Crippen molar-refractivity contribution in [2.45, 2.75) is 25.7 Å². The molecule has 34 heavy (non-hydrogen) atoms. The number of aryl methyl sites for hydroxylation is 4. The lowest BCUT2D eigenvalue weighted by molar-refractivity contribution is 0.103. The molecule has 0 saturated heterocycles. The molecule has 2 aliphatic rings. The van der Waals surface area contributed by atoms with Crippen LogP contribution in [0.2, 0.25) is 0 Å². The SMILES string of the molecule is COc1c2cc(C(=O)c3ccccc3)cc1CCc1ccc(cc1C(=O)c1ccccc1)CC2. The minimum absolute atomic E-state index is 0.0140. The number of hydrogen-bond acceptors (Lipinski definition) is 3. The predicted octanol–water partition coefficient (Wildman–Crippen LogP) is 6.04. The van der Waals surface area contributed by atoms with E-state index in [0.717, 1.165) is 46.4 Å². The van der Waals surface area contributed by atoms with Crippen LogP contribution in [-0.4, -0.2) is 18.7 Å². The summed E-state index contributed by atoms with van der Waals surface area (Å²) in [6.45, 7) is 0. The Morgan fingerprint density at radius 1 is 0.588 bits per heavy atom. The van der Waals surface area contributed by atoms with Crippen LogP contribution in [0, 0.1) is 0 Å². The van der Waals surface area contributed by atoms with Crippen LogP contribution >= 0.6 is 0 Å². The molecular weight excluding hydrogens is 420 g/mol. The second-order valence-corrected chi connectivity index (χ2v) is 8.71. The Morgan fingerprint density at radius 3 is 1.76 bits per heavy atom. The average molecular weight is 447 g/mol. The van der Waals surface area contributed by atoms with E-state index in [1.54, 1.807) is 7.11 Å². The highest BCUT2D eigenvalue weighted by molar-refractivity contribution is 6.10. The van der Waals surface area contributed by atoms with Crippen LogP contribution in [-0.2, 0) is 25.7 Å². The Labute approximate surface area is 200 Å². The monoisotopic (exact) mass is 446 g/mol. The topological polar surface area (TPSA) is 43.4 Å². The van der Waals surface area contributed by atoms with Crippen LogP contribution in [0.1, 0.15) is 54.1 Å². The van der Waals surface area contributed by atoms with Crippen LogP contribution in [0.25, 0.3) is 0 Å². The van der Waals surface area contributed by atoms with Gasteiger partial charge in [-0.3, -0.25) is 9.59 Å². The minimum atomic E-state index is 0.0140. The lowest BCUT2D eigenvalue weighted by Crippen LogP contribution is -2.08. The van der Waals surface area contributed by atoms with E-state index in [2.05, 4.69) is 12.1 Å². The van der Waals surface area contributed by atoms with E-state index in [1.807, 2.05) is 78.9 Å². The number of benzene rings is 4. The summed E-state index contributed by atoms with van der Waals surface area (Å²) in [5.74, 6) is 0.915. The van der Waals surface area contributed by atoms with Crippen molar-refractivity contribution >= 4 is 11.6 Å². The van der Waals surface area contributed by atoms with Crippen molar-refractivity contribution in [3.8, 4) is 5.75 Å². The summed E-state index contributed by atoms with van der Waals surface area (Å²) in [5.41, 5.74) is 6.97. The van der Waals surface area contributed by atoms with Crippen LogP contribution in [0.4, 0.5) is 0 Å². The van der Waals surface area contributed by atoms with E-state index in [1.165, 1.54) is 0 Å². The molecule has 6 rings (SSSR count). The van der Waals surface area contributed by atoms with Gasteiger partial charge in [0.25, 0.3) is 0 Å². The minimum Gasteiger partial charge on any atom is -0.496 e. The van der Waals surface area contributed by atoms with Gasteiger partial charge in [0.2, 0.25) is 0 Å². The maximum Gasteiger partial charge on any atom is 0.193 e. The molecule has 3 nitrogen and oxygen atoms in total. The first-order valence-corrected chi connectivity index (χ1v) is 11.6. The first kappa shape index (κ1) is 21.8. The average Bonchev–Trinajstić information content (AvgIpc) is 2.93. The van der Waals surface area contributed by atoms with Crippen LogP contribution in [0.15, 0.2) is 91.0 Å². The summed E-state index contributed by atoms with van der Waals surface area (Å²) in [5, 5.41) is 0. The number of rotatable bonds is 5. The molecule has 3 heteroatoms. The number of hydrogen-bond donors (Lipinski definition) is 0. The van der Waals surface area contributed by atoms with Crippen molar-refractivity contribution in [2.75, 3.05) is 7.11 Å². The zero-order chi connectivity index (χ0) is 23.5. The van der Waals surface area contributed by atoms with Gasteiger partial charge in [0.1, 0.15) is 5.75 Å². The lowest BCUT2D eigenvalue weighted by atomic mass is 9.92. The molecular formula is C31H26O3. The number of ketones is 2. The van der Waals surface area contributed by atoms with E-state index in [4.69, 9.17) is 4.74 Å². The standard InChI is InChI=1S/C31H26O3/c1-34-31-25-15-13-21-12-14-22(28(18-21)30(33)24-10-6-3-7-11-24)16-17-26(31)20-27(19-25)29(32)23-8-4-2-5-9-23/h2-12,14,18-20H,13,15-17H2,1H3. The van der Waals surface area contributed by atoms with E-state index in [-0.39, 0.29) is 11.6 Å². The van der Waals surface area contributed by atoms with Crippen molar-refractivity contribution in [1.82, 2.24) is 0 Å². The summed E-state index contributed by atoms with van der Waals surface area (Å²) in [7, 11) is 1.69. The van der Waals surface area contributed by atoms with Gasteiger partial charge in [-0.15, -0.1) is 0 Å². The van der Waals surface area contributed by atoms with E-state index >= 15 is 0 Å². The highest BCUT2D eigenvalue weighted by atomic mass is 16.5. The van der Waals surface area contributed by atoms with Gasteiger partial charge in [-0.1, -0.05) is 72.8 Å². The molecule has 0 atom stereocenters. The van der Waals surface area contributed by atoms with Crippen molar-refractivity contribution in [3.05, 3.63) is 136 Å². The third-order valence-corrected chi connectivity index (χ3v) is 6.55. The predicted molar refractivity (Wildman–Crippen MR) is 134 cm³/mol. The van der Waals surface area contributed by atoms with Crippen molar-refractivity contribution in [1.29, 1.82) is 0 Å². The Morgan fingerprint density at radius 2 is 1.15 bits per heavy atom. The largest absolute Gasteiger partial charge is 0.496 e. The summed E-state index contributed by atoms with van der Waals surface area (Å²) < 4.78 is 5.83. The first-order chi connectivity index (χ1) is 16.6. The molecule has 2 aliphatic carbocycles. The Balaban J connectivity index is 1.55. The van der Waals surface area contributed by atoms with Crippen molar-refractivity contribution < 1.29 is 14.3 Å². The van der Waals surface area contributed by atoms with Gasteiger partial charge in [0.05, 0.1) is 7.11 Å². The summed E-state index contributed by atoms with van der Waals surface area (Å²) in [4.78, 5) is 26.6. The first-order valence-electron chi connectivity index (χ1n) is 11.6. The van der Waals surface area contributed by atoms with Gasteiger partial charge < -0.3 is 4.74 Å². The van der Waals surface area contributed by atoms with Crippen LogP contribution < -0.4 is 4.74 Å². The highest BCUT2D eigenvalue weighted by Gasteiger charge is 2.20. The van der Waals surface area contributed by atoms with Crippen molar-refractivity contribution in [2.24, 2.45) is 0 Å². The van der Waals surface area contributed by atoms with Gasteiger partial charge in [-0.05, 0) is 66.1 Å². The van der Waals surface area contributed by atoms with Gasteiger partial charge in [-0.25, -0.2) is 0 Å². The third kappa shape index (κ3) is 4.29. The zero-order valence-electron chi connectivity index (χ0n) is 19.2. The number of carbonyl (C=O) groups is 2. The number of fused-ring (bicyclic) bond motifs is 4. The molecule has 0 aliphatic heterocycles. The molecule has 0 unspecified atom stereocenters. The molecule has 0 amide bonds.